The van der Waals surface area contributed by atoms with Crippen LogP contribution in [-0.4, -0.2) is 71.5 Å². The molecule has 0 aliphatic carbocycles. The number of pyridine rings is 1. The predicted molar refractivity (Wildman–Crippen MR) is 180 cm³/mol. The molecule has 2 N–H and O–H groups in total. The number of nitrogens with one attached hydrogen (secondary N) is 2. The molecule has 0 fully saturated rings. The van der Waals surface area contributed by atoms with Crippen molar-refractivity contribution in [3.05, 3.63) is 191 Å². The minimum absolute atomic E-state index is 1.39. The van der Waals surface area contributed by atoms with E-state index in [0.717, 1.165) is 0 Å². The van der Waals surface area contributed by atoms with Crippen LogP contribution in [0, 0.1) is 0 Å². The molecule has 16 nitrogen and oxygen atoms in total. The van der Waals surface area contributed by atoms with Crippen LogP contribution in [0.15, 0.2) is 196 Å². The maximum Gasteiger partial charge on any atom is 0.138 e. The maximum atomic E-state index is 3.78. The molecule has 0 spiro atoms. The molecule has 0 amide bonds. The molecule has 0 atom stereocenters. The topological polar surface area (TPSA) is 204 Å². The molecule has 7 heterocycles. The van der Waals surface area contributed by atoms with Crippen molar-refractivity contribution in [1.82, 2.24) is 76.2 Å². The van der Waals surface area contributed by atoms with Gasteiger partial charge in [-0.05, 0) is 36.4 Å². The number of hydrazone groups is 1. The second kappa shape index (κ2) is 35.8. The van der Waals surface area contributed by atoms with Crippen LogP contribution in [0.5, 0.6) is 0 Å². The van der Waals surface area contributed by atoms with E-state index in [4.69, 9.17) is 0 Å². The molecule has 7 aromatic rings. The number of hydrazine groups is 1. The van der Waals surface area contributed by atoms with Crippen LogP contribution in [0.2, 0.25) is 0 Å². The Bertz CT molecular complexity index is 1040. The van der Waals surface area contributed by atoms with Gasteiger partial charge in [-0.3, -0.25) is 20.4 Å². The van der Waals surface area contributed by atoms with E-state index < -0.39 is 0 Å². The zero-order valence-corrected chi connectivity index (χ0v) is 25.7. The van der Waals surface area contributed by atoms with Crippen LogP contribution >= 0.6 is 0 Å². The fourth-order valence-electron chi connectivity index (χ4n) is 2.11. The zero-order valence-electron chi connectivity index (χ0n) is 25.7. The summed E-state index contributed by atoms with van der Waals surface area (Å²) in [5.74, 6) is 0. The number of rotatable bonds is 0. The molecule has 0 unspecified atom stereocenters. The highest BCUT2D eigenvalue weighted by molar-refractivity contribution is 5.70. The Labute approximate surface area is 278 Å². The molecule has 1 aliphatic heterocycles. The van der Waals surface area contributed by atoms with Crippen molar-refractivity contribution in [1.29, 1.82) is 0 Å². The van der Waals surface area contributed by atoms with Gasteiger partial charge in [0.1, 0.15) is 31.6 Å². The van der Waals surface area contributed by atoms with Gasteiger partial charge < -0.3 is 0 Å². The molecule has 0 bridgehead atoms. The molecule has 1 aliphatic rings. The Morgan fingerprint density at radius 2 is 0.708 bits per heavy atom. The van der Waals surface area contributed by atoms with E-state index in [1.807, 2.05) is 66.7 Å². The van der Waals surface area contributed by atoms with Gasteiger partial charge in [-0.1, -0.05) is 42.5 Å². The van der Waals surface area contributed by atoms with Crippen LogP contribution in [0.1, 0.15) is 0 Å². The summed E-state index contributed by atoms with van der Waals surface area (Å²) in [6, 6.07) is 23.1. The average molecular weight is 643 g/mol. The van der Waals surface area contributed by atoms with Gasteiger partial charge in [-0.15, -0.1) is 5.10 Å². The zero-order chi connectivity index (χ0) is 33.9. The second-order valence-corrected chi connectivity index (χ2v) is 7.37. The molecule has 16 heteroatoms. The molecular formula is C32H34N16. The Balaban J connectivity index is 0.000000274. The summed E-state index contributed by atoms with van der Waals surface area (Å²) in [5, 5.41) is 17.6. The van der Waals surface area contributed by atoms with E-state index in [1.165, 1.54) is 37.8 Å². The first-order valence-corrected chi connectivity index (χ1v) is 13.8. The summed E-state index contributed by atoms with van der Waals surface area (Å²) in [5.41, 5.74) is 5.17. The lowest BCUT2D eigenvalue weighted by atomic mass is 10.4. The van der Waals surface area contributed by atoms with E-state index in [1.54, 1.807) is 92.7 Å². The van der Waals surface area contributed by atoms with Gasteiger partial charge in [-0.2, -0.15) is 20.4 Å². The number of aromatic nitrogens is 13. The van der Waals surface area contributed by atoms with Crippen molar-refractivity contribution in [3.8, 4) is 0 Å². The van der Waals surface area contributed by atoms with Gasteiger partial charge in [0.15, 0.2) is 0 Å². The third kappa shape index (κ3) is 33.1. The Kier molecular flexibility index (Phi) is 28.9. The first kappa shape index (κ1) is 38.7. The molecule has 0 radical (unpaired) electrons. The molecule has 0 saturated heterocycles. The normalized spacial score (nSPS) is 9.00. The van der Waals surface area contributed by atoms with Gasteiger partial charge in [0, 0.05) is 74.4 Å². The highest BCUT2D eigenvalue weighted by atomic mass is 15.5. The van der Waals surface area contributed by atoms with Crippen molar-refractivity contribution < 1.29 is 0 Å². The molecular weight excluding hydrogens is 608 g/mol. The summed E-state index contributed by atoms with van der Waals surface area (Å²) in [6.07, 6.45) is 32.2. The Hall–Kier alpha value is -7.36. The lowest BCUT2D eigenvalue weighted by Gasteiger charge is -1.97. The first-order chi connectivity index (χ1) is 24.0. The smallest absolute Gasteiger partial charge is 0.138 e. The summed E-state index contributed by atoms with van der Waals surface area (Å²) >= 11 is 0. The lowest BCUT2D eigenvalue weighted by Crippen LogP contribution is -2.22. The van der Waals surface area contributed by atoms with E-state index in [2.05, 4.69) is 81.3 Å². The standard InChI is InChI=1S/C6H6.C5H5N.3C4H4N2.2C3H3N3.C3H5N3/c2*1-2-4-6-5-3-1;1-2-6-4-3-5-1;1-2-5-4-6-3-1;1-2-4-6-5-3-1;1-4-2-6-3-5-1;1-2-5-6-3-4-1;1-2-4-6-5-3-1/h1-6H;1-5H;3*1-4H;2*1-3H;1-4,6H. The predicted octanol–water partition coefficient (Wildman–Crippen LogP) is 3.53. The van der Waals surface area contributed by atoms with Crippen molar-refractivity contribution >= 4 is 6.21 Å². The van der Waals surface area contributed by atoms with E-state index in [9.17, 15) is 0 Å². The summed E-state index contributed by atoms with van der Waals surface area (Å²) in [4.78, 5) is 32.9. The molecule has 1 aromatic carbocycles. The maximum absolute atomic E-state index is 3.78. The van der Waals surface area contributed by atoms with Gasteiger partial charge in [0.05, 0.1) is 12.4 Å². The third-order valence-corrected chi connectivity index (χ3v) is 3.95. The van der Waals surface area contributed by atoms with Gasteiger partial charge in [0.2, 0.25) is 0 Å². The minimum Gasteiger partial charge on any atom is -0.292 e. The summed E-state index contributed by atoms with van der Waals surface area (Å²) in [7, 11) is 0. The third-order valence-electron chi connectivity index (χ3n) is 3.95. The monoisotopic (exact) mass is 642 g/mol. The second-order valence-electron chi connectivity index (χ2n) is 7.37. The van der Waals surface area contributed by atoms with Crippen LogP contribution in [0.4, 0.5) is 0 Å². The van der Waals surface area contributed by atoms with Gasteiger partial charge in [0.25, 0.3) is 0 Å². The largest absolute Gasteiger partial charge is 0.292 e. The Morgan fingerprint density at radius 3 is 0.875 bits per heavy atom. The SMILES string of the molecule is C1=CNNN=C1.c1ccccc1.c1ccncc1.c1ccnnc1.c1cnccn1.c1cncnc1.c1cnncn1.c1ncncn1. The highest BCUT2D eigenvalue weighted by Gasteiger charge is 1.71. The fourth-order valence-corrected chi connectivity index (χ4v) is 2.11. The molecule has 242 valence electrons. The minimum atomic E-state index is 1.39. The van der Waals surface area contributed by atoms with Crippen LogP contribution in [0.25, 0.3) is 0 Å². The molecule has 6 aromatic heterocycles. The number of allylic oxidation sites excluding steroid dienone is 1. The highest BCUT2D eigenvalue weighted by Crippen LogP contribution is 1.80. The molecule has 0 saturated carbocycles. The average Bonchev–Trinajstić information content (AvgIpc) is 3.25. The summed E-state index contributed by atoms with van der Waals surface area (Å²) in [6.45, 7) is 0. The van der Waals surface area contributed by atoms with Crippen LogP contribution in [0.3, 0.4) is 0 Å². The van der Waals surface area contributed by atoms with Crippen molar-refractivity contribution in [2.75, 3.05) is 0 Å². The van der Waals surface area contributed by atoms with E-state index in [0.29, 0.717) is 0 Å². The van der Waals surface area contributed by atoms with Crippen molar-refractivity contribution in [2.45, 2.75) is 0 Å². The van der Waals surface area contributed by atoms with Gasteiger partial charge in [-0.25, -0.2) is 35.4 Å². The first-order valence-electron chi connectivity index (χ1n) is 13.8. The van der Waals surface area contributed by atoms with E-state index >= 15 is 0 Å². The number of hydrogen-bond donors (Lipinski definition) is 2. The van der Waals surface area contributed by atoms with Gasteiger partial charge >= 0.3 is 0 Å². The quantitative estimate of drug-likeness (QED) is 0.243. The van der Waals surface area contributed by atoms with Crippen LogP contribution < -0.4 is 11.0 Å². The number of nitrogens with zero attached hydrogens (tertiary/aromatic N) is 14. The Morgan fingerprint density at radius 1 is 0.292 bits per heavy atom. The number of hydrogen-bond acceptors (Lipinski definition) is 16. The van der Waals surface area contributed by atoms with E-state index in [-0.39, 0.29) is 0 Å². The number of benzene rings is 1. The van der Waals surface area contributed by atoms with Crippen molar-refractivity contribution in [2.24, 2.45) is 5.10 Å². The molecule has 8 rings (SSSR count). The van der Waals surface area contributed by atoms with Crippen LogP contribution in [-0.2, 0) is 0 Å². The fraction of sp³-hybridized carbons (Fsp3) is 0. The molecule has 48 heavy (non-hydrogen) atoms. The lowest BCUT2D eigenvalue weighted by molar-refractivity contribution is 0.664. The van der Waals surface area contributed by atoms with Crippen molar-refractivity contribution in [3.63, 3.8) is 0 Å². The summed E-state index contributed by atoms with van der Waals surface area (Å²) < 4.78 is 0.